The average Bonchev–Trinajstić information content (AvgIpc) is 2.50. The van der Waals surface area contributed by atoms with Crippen molar-refractivity contribution in [1.82, 2.24) is 5.32 Å². The smallest absolute Gasteiger partial charge is 0.251 e. The molecule has 0 saturated carbocycles. The Morgan fingerprint density at radius 3 is 2.57 bits per heavy atom. The number of nitrogens with one attached hydrogen (secondary N) is 1. The van der Waals surface area contributed by atoms with Gasteiger partial charge in [0.05, 0.1) is 6.10 Å². The Morgan fingerprint density at radius 1 is 1.26 bits per heavy atom. The molecule has 4 N–H and O–H groups in total. The number of aliphatic hydroxyl groups is 1. The lowest BCUT2D eigenvalue weighted by molar-refractivity contribution is 0.0916. The van der Waals surface area contributed by atoms with E-state index in [4.69, 9.17) is 5.73 Å². The molecule has 2 rings (SSSR count). The van der Waals surface area contributed by atoms with Crippen molar-refractivity contribution in [3.63, 3.8) is 0 Å². The Kier molecular flexibility index (Phi) is 5.34. The van der Waals surface area contributed by atoms with Crippen LogP contribution in [-0.2, 0) is 0 Å². The van der Waals surface area contributed by atoms with Crippen LogP contribution in [0.3, 0.4) is 0 Å². The largest absolute Gasteiger partial charge is 0.399 e. The SMILES string of the molecule is Cc1ccc(N)cc1C(=O)NC(C)CC(O)c1ccc(F)cc1. The van der Waals surface area contributed by atoms with E-state index in [9.17, 15) is 14.3 Å². The molecule has 0 aromatic heterocycles. The highest BCUT2D eigenvalue weighted by Gasteiger charge is 2.16. The zero-order valence-corrected chi connectivity index (χ0v) is 13.2. The van der Waals surface area contributed by atoms with Gasteiger partial charge in [0.2, 0.25) is 0 Å². The van der Waals surface area contributed by atoms with Crippen molar-refractivity contribution in [2.45, 2.75) is 32.4 Å². The fourth-order valence-electron chi connectivity index (χ4n) is 2.40. The number of carbonyl (C=O) groups is 1. The van der Waals surface area contributed by atoms with Crippen LogP contribution in [0.1, 0.15) is 40.9 Å². The lowest BCUT2D eigenvalue weighted by atomic mass is 10.0. The third-order valence-electron chi connectivity index (χ3n) is 3.72. The maximum Gasteiger partial charge on any atom is 0.251 e. The maximum absolute atomic E-state index is 12.9. The van der Waals surface area contributed by atoms with E-state index in [1.54, 1.807) is 18.2 Å². The molecule has 0 aliphatic heterocycles. The molecule has 122 valence electrons. The quantitative estimate of drug-likeness (QED) is 0.742. The number of aliphatic hydroxyl groups excluding tert-OH is 1. The van der Waals surface area contributed by atoms with Gasteiger partial charge in [-0.1, -0.05) is 18.2 Å². The van der Waals surface area contributed by atoms with Gasteiger partial charge in [0.1, 0.15) is 5.82 Å². The van der Waals surface area contributed by atoms with Crippen LogP contribution in [0.5, 0.6) is 0 Å². The zero-order valence-electron chi connectivity index (χ0n) is 13.2. The summed E-state index contributed by atoms with van der Waals surface area (Å²) in [6.07, 6.45) is -0.438. The molecule has 23 heavy (non-hydrogen) atoms. The molecule has 2 aromatic rings. The van der Waals surface area contributed by atoms with Crippen LogP contribution in [0.25, 0.3) is 0 Å². The molecule has 0 heterocycles. The van der Waals surface area contributed by atoms with E-state index < -0.39 is 6.10 Å². The second-order valence-electron chi connectivity index (χ2n) is 5.75. The van der Waals surface area contributed by atoms with Gasteiger partial charge in [-0.2, -0.15) is 0 Å². The van der Waals surface area contributed by atoms with Crippen molar-refractivity contribution in [2.24, 2.45) is 0 Å². The molecule has 0 bridgehead atoms. The average molecular weight is 316 g/mol. The Hall–Kier alpha value is -2.40. The van der Waals surface area contributed by atoms with E-state index in [1.165, 1.54) is 24.3 Å². The van der Waals surface area contributed by atoms with Gasteiger partial charge in [0.15, 0.2) is 0 Å². The highest BCUT2D eigenvalue weighted by atomic mass is 19.1. The summed E-state index contributed by atoms with van der Waals surface area (Å²) in [6.45, 7) is 3.65. The minimum absolute atomic E-state index is 0.228. The Labute approximate surface area is 135 Å². The van der Waals surface area contributed by atoms with Crippen LogP contribution in [-0.4, -0.2) is 17.1 Å². The Morgan fingerprint density at radius 2 is 1.91 bits per heavy atom. The molecule has 0 aliphatic rings. The number of halogens is 1. The first-order chi connectivity index (χ1) is 10.9. The highest BCUT2D eigenvalue weighted by Crippen LogP contribution is 2.19. The van der Waals surface area contributed by atoms with Gasteiger partial charge in [0, 0.05) is 17.3 Å². The van der Waals surface area contributed by atoms with Crippen molar-refractivity contribution in [2.75, 3.05) is 5.73 Å². The van der Waals surface area contributed by atoms with E-state index in [0.717, 1.165) is 5.56 Å². The minimum atomic E-state index is -0.771. The zero-order chi connectivity index (χ0) is 17.0. The number of nitrogens with two attached hydrogens (primary N) is 1. The van der Waals surface area contributed by atoms with E-state index in [0.29, 0.717) is 23.2 Å². The number of benzene rings is 2. The summed E-state index contributed by atoms with van der Waals surface area (Å²) in [7, 11) is 0. The molecule has 4 nitrogen and oxygen atoms in total. The van der Waals surface area contributed by atoms with Gasteiger partial charge in [-0.3, -0.25) is 4.79 Å². The van der Waals surface area contributed by atoms with Crippen LogP contribution in [0.2, 0.25) is 0 Å². The number of rotatable bonds is 5. The summed E-state index contributed by atoms with van der Waals surface area (Å²) in [6, 6.07) is 10.6. The molecule has 2 aromatic carbocycles. The number of nitrogen functional groups attached to an aromatic ring is 1. The summed E-state index contributed by atoms with van der Waals surface area (Å²) in [4.78, 5) is 12.3. The predicted molar refractivity (Wildman–Crippen MR) is 88.5 cm³/mol. The predicted octanol–water partition coefficient (Wildman–Crippen LogP) is 2.96. The molecular formula is C18H21FN2O2. The number of carbonyl (C=O) groups excluding carboxylic acids is 1. The van der Waals surface area contributed by atoms with Gasteiger partial charge in [-0.25, -0.2) is 4.39 Å². The van der Waals surface area contributed by atoms with Crippen molar-refractivity contribution < 1.29 is 14.3 Å². The van der Waals surface area contributed by atoms with Crippen LogP contribution in [0.4, 0.5) is 10.1 Å². The minimum Gasteiger partial charge on any atom is -0.399 e. The Bertz CT molecular complexity index is 686. The summed E-state index contributed by atoms with van der Waals surface area (Å²) in [5.74, 6) is -0.576. The topological polar surface area (TPSA) is 75.4 Å². The molecule has 2 atom stereocenters. The van der Waals surface area contributed by atoms with Crippen molar-refractivity contribution in [1.29, 1.82) is 0 Å². The normalized spacial score (nSPS) is 13.4. The molecular weight excluding hydrogens is 295 g/mol. The molecule has 0 aliphatic carbocycles. The molecule has 1 amide bonds. The van der Waals surface area contributed by atoms with Gasteiger partial charge in [-0.05, 0) is 55.7 Å². The second kappa shape index (κ2) is 7.24. The first kappa shape index (κ1) is 17.0. The van der Waals surface area contributed by atoms with Crippen LogP contribution >= 0.6 is 0 Å². The molecule has 2 unspecified atom stereocenters. The molecule has 5 heteroatoms. The summed E-state index contributed by atoms with van der Waals surface area (Å²) in [5.41, 5.74) is 8.22. The second-order valence-corrected chi connectivity index (χ2v) is 5.75. The first-order valence-corrected chi connectivity index (χ1v) is 7.47. The third kappa shape index (κ3) is 4.53. The summed E-state index contributed by atoms with van der Waals surface area (Å²) >= 11 is 0. The van der Waals surface area contributed by atoms with Crippen LogP contribution in [0.15, 0.2) is 42.5 Å². The van der Waals surface area contributed by atoms with E-state index in [1.807, 2.05) is 13.8 Å². The number of anilines is 1. The lowest BCUT2D eigenvalue weighted by Crippen LogP contribution is -2.34. The molecule has 0 radical (unpaired) electrons. The van der Waals surface area contributed by atoms with Gasteiger partial charge < -0.3 is 16.2 Å². The number of hydrogen-bond donors (Lipinski definition) is 3. The van der Waals surface area contributed by atoms with Gasteiger partial charge in [0.25, 0.3) is 5.91 Å². The lowest BCUT2D eigenvalue weighted by Gasteiger charge is -2.19. The summed E-state index contributed by atoms with van der Waals surface area (Å²) in [5, 5.41) is 13.0. The molecule has 0 saturated heterocycles. The number of hydrogen-bond acceptors (Lipinski definition) is 3. The molecule has 0 fully saturated rings. The standard InChI is InChI=1S/C18H21FN2O2/c1-11-3-8-15(20)10-16(11)18(23)21-12(2)9-17(22)13-4-6-14(19)7-5-13/h3-8,10,12,17,22H,9,20H2,1-2H3,(H,21,23). The Balaban J connectivity index is 1.98. The maximum atomic E-state index is 12.9. The first-order valence-electron chi connectivity index (χ1n) is 7.47. The number of amides is 1. The third-order valence-corrected chi connectivity index (χ3v) is 3.72. The van der Waals surface area contributed by atoms with E-state index in [2.05, 4.69) is 5.32 Å². The monoisotopic (exact) mass is 316 g/mol. The highest BCUT2D eigenvalue weighted by molar-refractivity contribution is 5.96. The van der Waals surface area contributed by atoms with Gasteiger partial charge in [-0.15, -0.1) is 0 Å². The number of aryl methyl sites for hydroxylation is 1. The van der Waals surface area contributed by atoms with Crippen LogP contribution in [0, 0.1) is 12.7 Å². The van der Waals surface area contributed by atoms with Crippen LogP contribution < -0.4 is 11.1 Å². The van der Waals surface area contributed by atoms with E-state index in [-0.39, 0.29) is 17.8 Å². The fraction of sp³-hybridized carbons (Fsp3) is 0.278. The summed E-state index contributed by atoms with van der Waals surface area (Å²) < 4.78 is 12.9. The van der Waals surface area contributed by atoms with E-state index >= 15 is 0 Å². The van der Waals surface area contributed by atoms with Gasteiger partial charge >= 0.3 is 0 Å². The van der Waals surface area contributed by atoms with Crippen molar-refractivity contribution >= 4 is 11.6 Å². The fourth-order valence-corrected chi connectivity index (χ4v) is 2.40. The van der Waals surface area contributed by atoms with Crippen molar-refractivity contribution in [3.8, 4) is 0 Å². The molecule has 0 spiro atoms. The van der Waals surface area contributed by atoms with Crippen molar-refractivity contribution in [3.05, 3.63) is 65.0 Å².